The Bertz CT molecular complexity index is 652. The SMILES string of the molecule is O=S(=O)(NCCOCCO)c1c(Cl)nc2sccn12. The van der Waals surface area contributed by atoms with E-state index in [2.05, 4.69) is 9.71 Å². The number of aliphatic hydroxyl groups is 1. The number of hydrogen-bond donors (Lipinski definition) is 2. The number of nitrogens with one attached hydrogen (secondary N) is 1. The number of aliphatic hydroxyl groups excluding tert-OH is 1. The lowest BCUT2D eigenvalue weighted by Gasteiger charge is -2.06. The molecule has 7 nitrogen and oxygen atoms in total. The molecule has 0 atom stereocenters. The molecule has 2 heterocycles. The summed E-state index contributed by atoms with van der Waals surface area (Å²) >= 11 is 7.14. The van der Waals surface area contributed by atoms with Gasteiger partial charge in [-0.15, -0.1) is 11.3 Å². The molecule has 2 aromatic rings. The van der Waals surface area contributed by atoms with Gasteiger partial charge in [-0.1, -0.05) is 11.6 Å². The van der Waals surface area contributed by atoms with Crippen molar-refractivity contribution in [1.82, 2.24) is 14.1 Å². The molecule has 0 spiro atoms. The van der Waals surface area contributed by atoms with Crippen LogP contribution in [0.2, 0.25) is 5.15 Å². The Balaban J connectivity index is 2.11. The van der Waals surface area contributed by atoms with Gasteiger partial charge in [0.2, 0.25) is 0 Å². The van der Waals surface area contributed by atoms with Crippen molar-refractivity contribution >= 4 is 37.9 Å². The van der Waals surface area contributed by atoms with E-state index in [1.807, 2.05) is 0 Å². The average molecular weight is 326 g/mol. The molecule has 106 valence electrons. The number of imidazole rings is 1. The highest BCUT2D eigenvalue weighted by atomic mass is 35.5. The van der Waals surface area contributed by atoms with Crippen LogP contribution in [0.3, 0.4) is 0 Å². The van der Waals surface area contributed by atoms with E-state index in [0.29, 0.717) is 4.96 Å². The number of fused-ring (bicyclic) bond motifs is 1. The van der Waals surface area contributed by atoms with Gasteiger partial charge in [0, 0.05) is 18.1 Å². The average Bonchev–Trinajstić information content (AvgIpc) is 2.87. The van der Waals surface area contributed by atoms with Gasteiger partial charge >= 0.3 is 0 Å². The highest BCUT2D eigenvalue weighted by Gasteiger charge is 2.24. The number of thiazole rings is 1. The van der Waals surface area contributed by atoms with Crippen LogP contribution in [-0.2, 0) is 14.8 Å². The molecule has 0 bridgehead atoms. The number of aromatic nitrogens is 2. The molecule has 0 aliphatic carbocycles. The van der Waals surface area contributed by atoms with Gasteiger partial charge in [0.25, 0.3) is 10.0 Å². The molecular formula is C9H12ClN3O4S2. The van der Waals surface area contributed by atoms with Crippen LogP contribution in [0, 0.1) is 0 Å². The Kier molecular flexibility index (Phi) is 4.76. The summed E-state index contributed by atoms with van der Waals surface area (Å²) in [5.41, 5.74) is 0. The zero-order chi connectivity index (χ0) is 13.9. The molecule has 0 aliphatic heterocycles. The predicted molar refractivity (Wildman–Crippen MR) is 71.2 cm³/mol. The van der Waals surface area contributed by atoms with Crippen LogP contribution in [-0.4, -0.2) is 49.3 Å². The Morgan fingerprint density at radius 1 is 1.53 bits per heavy atom. The van der Waals surface area contributed by atoms with Crippen molar-refractivity contribution in [2.75, 3.05) is 26.4 Å². The summed E-state index contributed by atoms with van der Waals surface area (Å²) in [7, 11) is -3.75. The molecule has 0 unspecified atom stereocenters. The maximum absolute atomic E-state index is 12.1. The maximum Gasteiger partial charge on any atom is 0.259 e. The van der Waals surface area contributed by atoms with Crippen LogP contribution in [0.15, 0.2) is 16.6 Å². The molecule has 0 fully saturated rings. The van der Waals surface area contributed by atoms with Crippen LogP contribution in [0.5, 0.6) is 0 Å². The molecule has 10 heteroatoms. The van der Waals surface area contributed by atoms with Crippen LogP contribution in [0.4, 0.5) is 0 Å². The van der Waals surface area contributed by atoms with Crippen LogP contribution < -0.4 is 4.72 Å². The van der Waals surface area contributed by atoms with Crippen LogP contribution >= 0.6 is 22.9 Å². The van der Waals surface area contributed by atoms with E-state index in [9.17, 15) is 8.42 Å². The second-order valence-corrected chi connectivity index (χ2v) is 6.41. The van der Waals surface area contributed by atoms with Crippen molar-refractivity contribution in [2.45, 2.75) is 5.03 Å². The van der Waals surface area contributed by atoms with Gasteiger partial charge in [0.15, 0.2) is 15.1 Å². The summed E-state index contributed by atoms with van der Waals surface area (Å²) < 4.78 is 33.0. The third kappa shape index (κ3) is 3.25. The van der Waals surface area contributed by atoms with Crippen molar-refractivity contribution in [1.29, 1.82) is 0 Å². The lowest BCUT2D eigenvalue weighted by Crippen LogP contribution is -2.28. The fourth-order valence-corrected chi connectivity index (χ4v) is 3.92. The van der Waals surface area contributed by atoms with Crippen LogP contribution in [0.25, 0.3) is 4.96 Å². The van der Waals surface area contributed by atoms with Gasteiger partial charge in [-0.2, -0.15) is 0 Å². The smallest absolute Gasteiger partial charge is 0.259 e. The largest absolute Gasteiger partial charge is 0.394 e. The minimum Gasteiger partial charge on any atom is -0.394 e. The first-order chi connectivity index (χ1) is 9.06. The third-order valence-corrected chi connectivity index (χ3v) is 4.82. The topological polar surface area (TPSA) is 92.9 Å². The summed E-state index contributed by atoms with van der Waals surface area (Å²) in [6.07, 6.45) is 1.59. The first-order valence-electron chi connectivity index (χ1n) is 5.35. The number of rotatable bonds is 7. The van der Waals surface area contributed by atoms with Crippen molar-refractivity contribution in [3.63, 3.8) is 0 Å². The van der Waals surface area contributed by atoms with E-state index in [1.165, 1.54) is 15.7 Å². The molecule has 2 rings (SSSR count). The zero-order valence-corrected chi connectivity index (χ0v) is 12.1. The van der Waals surface area contributed by atoms with Gasteiger partial charge in [0.05, 0.1) is 19.8 Å². The Labute approximate surface area is 118 Å². The van der Waals surface area contributed by atoms with E-state index >= 15 is 0 Å². The second kappa shape index (κ2) is 6.16. The number of hydrogen-bond acceptors (Lipinski definition) is 6. The molecular weight excluding hydrogens is 314 g/mol. The van der Waals surface area contributed by atoms with E-state index in [-0.39, 0.29) is 36.5 Å². The van der Waals surface area contributed by atoms with Crippen molar-refractivity contribution in [3.8, 4) is 0 Å². The van der Waals surface area contributed by atoms with Gasteiger partial charge in [0.1, 0.15) is 0 Å². The van der Waals surface area contributed by atoms with Crippen molar-refractivity contribution in [2.24, 2.45) is 0 Å². The molecule has 0 amide bonds. The summed E-state index contributed by atoms with van der Waals surface area (Å²) in [5, 5.41) is 10.1. The number of nitrogens with zero attached hydrogens (tertiary/aromatic N) is 2. The summed E-state index contributed by atoms with van der Waals surface area (Å²) in [6.45, 7) is 0.333. The lowest BCUT2D eigenvalue weighted by molar-refractivity contribution is 0.0961. The van der Waals surface area contributed by atoms with Gasteiger partial charge in [-0.3, -0.25) is 4.40 Å². The van der Waals surface area contributed by atoms with Crippen molar-refractivity contribution in [3.05, 3.63) is 16.7 Å². The minimum atomic E-state index is -3.75. The number of sulfonamides is 1. The fourth-order valence-electron chi connectivity index (χ4n) is 1.46. The first kappa shape index (κ1) is 14.7. The fraction of sp³-hybridized carbons (Fsp3) is 0.444. The lowest BCUT2D eigenvalue weighted by atomic mass is 10.7. The summed E-state index contributed by atoms with van der Waals surface area (Å²) in [5.74, 6) is 0. The normalized spacial score (nSPS) is 12.3. The van der Waals surface area contributed by atoms with Gasteiger partial charge in [-0.25, -0.2) is 18.1 Å². The molecule has 0 aromatic carbocycles. The maximum atomic E-state index is 12.1. The Hall–Kier alpha value is -0.710. The molecule has 0 saturated carbocycles. The second-order valence-electron chi connectivity index (χ2n) is 3.50. The molecule has 0 aliphatic rings. The number of ether oxygens (including phenoxy) is 1. The number of halogens is 1. The Morgan fingerprint density at radius 2 is 2.32 bits per heavy atom. The predicted octanol–water partition coefficient (Wildman–Crippen LogP) is 0.336. The molecule has 0 radical (unpaired) electrons. The first-order valence-corrected chi connectivity index (χ1v) is 8.09. The standard InChI is InChI=1S/C9H12ClN3O4S2/c10-7-8(13-2-6-18-9(13)12-7)19(15,16)11-1-4-17-5-3-14/h2,6,11,14H,1,3-5H2. The van der Waals surface area contributed by atoms with E-state index in [0.717, 1.165) is 0 Å². The van der Waals surface area contributed by atoms with E-state index < -0.39 is 10.0 Å². The monoisotopic (exact) mass is 325 g/mol. The molecule has 2 aromatic heterocycles. The molecule has 0 saturated heterocycles. The van der Waals surface area contributed by atoms with Gasteiger partial charge in [-0.05, 0) is 0 Å². The summed E-state index contributed by atoms with van der Waals surface area (Å²) in [6, 6.07) is 0. The quantitative estimate of drug-likeness (QED) is 0.716. The third-order valence-electron chi connectivity index (χ3n) is 2.21. The van der Waals surface area contributed by atoms with Crippen LogP contribution in [0.1, 0.15) is 0 Å². The zero-order valence-electron chi connectivity index (χ0n) is 9.74. The highest BCUT2D eigenvalue weighted by Crippen LogP contribution is 2.24. The minimum absolute atomic E-state index is 0.0596. The molecule has 19 heavy (non-hydrogen) atoms. The van der Waals surface area contributed by atoms with E-state index in [1.54, 1.807) is 11.6 Å². The molecule has 2 N–H and O–H groups in total. The summed E-state index contributed by atoms with van der Waals surface area (Å²) in [4.78, 5) is 4.48. The Morgan fingerprint density at radius 3 is 3.05 bits per heavy atom. The van der Waals surface area contributed by atoms with E-state index in [4.69, 9.17) is 21.4 Å². The van der Waals surface area contributed by atoms with Gasteiger partial charge < -0.3 is 9.84 Å². The highest BCUT2D eigenvalue weighted by molar-refractivity contribution is 7.89. The van der Waals surface area contributed by atoms with Crippen molar-refractivity contribution < 1.29 is 18.3 Å².